The van der Waals surface area contributed by atoms with Gasteiger partial charge in [-0.1, -0.05) is 25.0 Å². The van der Waals surface area contributed by atoms with E-state index in [0.717, 1.165) is 31.4 Å². The maximum Gasteiger partial charge on any atom is 0.243 e. The minimum atomic E-state index is -3.77. The molecule has 1 unspecified atom stereocenters. The van der Waals surface area contributed by atoms with Crippen LogP contribution in [0, 0.1) is 11.6 Å². The Hall–Kier alpha value is -1.79. The summed E-state index contributed by atoms with van der Waals surface area (Å²) in [6.45, 7) is 0.376. The van der Waals surface area contributed by atoms with Gasteiger partial charge in [-0.25, -0.2) is 17.2 Å². The van der Waals surface area contributed by atoms with Crippen molar-refractivity contribution in [3.8, 4) is 0 Å². The van der Waals surface area contributed by atoms with Crippen molar-refractivity contribution in [2.45, 2.75) is 36.6 Å². The molecule has 0 aliphatic carbocycles. The number of rotatable bonds is 3. The fraction of sp³-hybridized carbons (Fsp3) is 0.333. The predicted molar refractivity (Wildman–Crippen MR) is 87.9 cm³/mol. The summed E-state index contributed by atoms with van der Waals surface area (Å²) < 4.78 is 54.2. The summed E-state index contributed by atoms with van der Waals surface area (Å²) in [6, 6.07) is 10.5. The van der Waals surface area contributed by atoms with Gasteiger partial charge in [0.2, 0.25) is 10.0 Å². The molecule has 3 rings (SSSR count). The van der Waals surface area contributed by atoms with Crippen LogP contribution in [-0.4, -0.2) is 19.3 Å². The molecule has 0 aromatic heterocycles. The van der Waals surface area contributed by atoms with Crippen molar-refractivity contribution in [3.05, 3.63) is 65.7 Å². The first-order valence-corrected chi connectivity index (χ1v) is 9.45. The fourth-order valence-electron chi connectivity index (χ4n) is 3.16. The number of hydrogen-bond donors (Lipinski definition) is 0. The van der Waals surface area contributed by atoms with Crippen molar-refractivity contribution in [2.75, 3.05) is 6.54 Å². The molecule has 0 radical (unpaired) electrons. The Morgan fingerprint density at radius 1 is 0.917 bits per heavy atom. The SMILES string of the molecule is O=S(=O)(c1ccc(F)cc1)N1CCCCCC1c1cccc(F)c1. The first-order chi connectivity index (χ1) is 11.5. The van der Waals surface area contributed by atoms with E-state index in [2.05, 4.69) is 0 Å². The van der Waals surface area contributed by atoms with E-state index in [-0.39, 0.29) is 10.7 Å². The smallest absolute Gasteiger partial charge is 0.207 e. The zero-order valence-electron chi connectivity index (χ0n) is 13.2. The molecule has 1 fully saturated rings. The van der Waals surface area contributed by atoms with Gasteiger partial charge in [0.1, 0.15) is 11.6 Å². The molecule has 3 nitrogen and oxygen atoms in total. The molecule has 1 aliphatic heterocycles. The molecule has 1 heterocycles. The Kier molecular flexibility index (Phi) is 4.96. The van der Waals surface area contributed by atoms with Gasteiger partial charge in [-0.3, -0.25) is 0 Å². The summed E-state index contributed by atoms with van der Waals surface area (Å²) in [6.07, 6.45) is 3.22. The maximum absolute atomic E-state index is 13.6. The third-order valence-corrected chi connectivity index (χ3v) is 6.28. The molecule has 2 aromatic rings. The van der Waals surface area contributed by atoms with Gasteiger partial charge >= 0.3 is 0 Å². The highest BCUT2D eigenvalue weighted by atomic mass is 32.2. The summed E-state index contributed by atoms with van der Waals surface area (Å²) in [5.41, 5.74) is 0.655. The lowest BCUT2D eigenvalue weighted by Gasteiger charge is -2.29. The molecule has 0 amide bonds. The normalized spacial score (nSPS) is 19.8. The number of hydrogen-bond acceptors (Lipinski definition) is 2. The van der Waals surface area contributed by atoms with E-state index in [1.54, 1.807) is 12.1 Å². The molecule has 1 saturated heterocycles. The van der Waals surface area contributed by atoms with Crippen molar-refractivity contribution >= 4 is 10.0 Å². The quantitative estimate of drug-likeness (QED) is 0.828. The summed E-state index contributed by atoms with van der Waals surface area (Å²) in [4.78, 5) is 0.0622. The third kappa shape index (κ3) is 3.49. The molecule has 1 aliphatic rings. The molecular weight excluding hydrogens is 332 g/mol. The Morgan fingerprint density at radius 3 is 2.38 bits per heavy atom. The standard InChI is InChI=1S/C18H19F2NO2S/c19-15-8-10-17(11-9-15)24(22,23)21-12-3-1-2-7-18(21)14-5-4-6-16(20)13-14/h4-6,8-11,13,18H,1-3,7,12H2. The second-order valence-corrected chi connectivity index (χ2v) is 7.88. The largest absolute Gasteiger partial charge is 0.243 e. The van der Waals surface area contributed by atoms with Crippen molar-refractivity contribution in [3.63, 3.8) is 0 Å². The minimum absolute atomic E-state index is 0.0622. The van der Waals surface area contributed by atoms with Crippen LogP contribution in [0.15, 0.2) is 53.4 Å². The number of benzene rings is 2. The van der Waals surface area contributed by atoms with Gasteiger partial charge in [0, 0.05) is 6.54 Å². The molecule has 6 heteroatoms. The van der Waals surface area contributed by atoms with E-state index >= 15 is 0 Å². The van der Waals surface area contributed by atoms with Gasteiger partial charge in [0.05, 0.1) is 10.9 Å². The van der Waals surface area contributed by atoms with E-state index in [1.807, 2.05) is 0 Å². The van der Waals surface area contributed by atoms with E-state index < -0.39 is 21.9 Å². The Bertz CT molecular complexity index is 806. The lowest BCUT2D eigenvalue weighted by atomic mass is 10.0. The summed E-state index contributed by atoms with van der Waals surface area (Å²) in [7, 11) is -3.77. The molecule has 0 spiro atoms. The Balaban J connectivity index is 2.02. The van der Waals surface area contributed by atoms with Crippen LogP contribution in [0.25, 0.3) is 0 Å². The van der Waals surface area contributed by atoms with Crippen molar-refractivity contribution in [2.24, 2.45) is 0 Å². The minimum Gasteiger partial charge on any atom is -0.207 e. The molecule has 2 aromatic carbocycles. The van der Waals surface area contributed by atoms with Crippen molar-refractivity contribution in [1.82, 2.24) is 4.31 Å². The molecule has 0 saturated carbocycles. The zero-order valence-corrected chi connectivity index (χ0v) is 14.0. The van der Waals surface area contributed by atoms with E-state index in [4.69, 9.17) is 0 Å². The lowest BCUT2D eigenvalue weighted by Crippen LogP contribution is -2.34. The topological polar surface area (TPSA) is 37.4 Å². The average molecular weight is 351 g/mol. The van der Waals surface area contributed by atoms with Gasteiger partial charge in [-0.15, -0.1) is 0 Å². The van der Waals surface area contributed by atoms with E-state index in [1.165, 1.54) is 28.6 Å². The summed E-state index contributed by atoms with van der Waals surface area (Å²) in [5.74, 6) is -0.859. The summed E-state index contributed by atoms with van der Waals surface area (Å²) in [5, 5.41) is 0. The monoisotopic (exact) mass is 351 g/mol. The van der Waals surface area contributed by atoms with E-state index in [9.17, 15) is 17.2 Å². The maximum atomic E-state index is 13.6. The van der Waals surface area contributed by atoms with Crippen LogP contribution in [0.2, 0.25) is 0 Å². The number of sulfonamides is 1. The zero-order chi connectivity index (χ0) is 17.2. The first-order valence-electron chi connectivity index (χ1n) is 8.01. The van der Waals surface area contributed by atoms with Gasteiger partial charge in [-0.2, -0.15) is 4.31 Å². The highest BCUT2D eigenvalue weighted by Crippen LogP contribution is 2.34. The third-order valence-electron chi connectivity index (χ3n) is 4.36. The number of nitrogens with zero attached hydrogens (tertiary/aromatic N) is 1. The van der Waals surface area contributed by atoms with Gasteiger partial charge < -0.3 is 0 Å². The summed E-state index contributed by atoms with van der Waals surface area (Å²) >= 11 is 0. The highest BCUT2D eigenvalue weighted by molar-refractivity contribution is 7.89. The molecule has 1 atom stereocenters. The average Bonchev–Trinajstić information content (AvgIpc) is 2.81. The van der Waals surface area contributed by atoms with Crippen LogP contribution >= 0.6 is 0 Å². The molecule has 128 valence electrons. The first kappa shape index (κ1) is 17.0. The number of halogens is 2. The van der Waals surface area contributed by atoms with Crippen LogP contribution in [0.1, 0.15) is 37.3 Å². The fourth-order valence-corrected chi connectivity index (χ4v) is 4.84. The molecule has 0 N–H and O–H groups in total. The molecular formula is C18H19F2NO2S. The Morgan fingerprint density at radius 2 is 1.67 bits per heavy atom. The van der Waals surface area contributed by atoms with Crippen LogP contribution in [0.3, 0.4) is 0 Å². The Labute approximate surface area is 141 Å². The second-order valence-electron chi connectivity index (χ2n) is 5.99. The van der Waals surface area contributed by atoms with Crippen LogP contribution < -0.4 is 0 Å². The van der Waals surface area contributed by atoms with Crippen molar-refractivity contribution in [1.29, 1.82) is 0 Å². The van der Waals surface area contributed by atoms with Crippen LogP contribution in [0.4, 0.5) is 8.78 Å². The highest BCUT2D eigenvalue weighted by Gasteiger charge is 2.33. The van der Waals surface area contributed by atoms with Gasteiger partial charge in [0.15, 0.2) is 0 Å². The van der Waals surface area contributed by atoms with Gasteiger partial charge in [0.25, 0.3) is 0 Å². The second kappa shape index (κ2) is 6.99. The van der Waals surface area contributed by atoms with Gasteiger partial charge in [-0.05, 0) is 54.8 Å². The predicted octanol–water partition coefficient (Wildman–Crippen LogP) is 4.27. The van der Waals surface area contributed by atoms with Crippen LogP contribution in [0.5, 0.6) is 0 Å². The molecule has 24 heavy (non-hydrogen) atoms. The van der Waals surface area contributed by atoms with Crippen LogP contribution in [-0.2, 0) is 10.0 Å². The van der Waals surface area contributed by atoms with E-state index in [0.29, 0.717) is 18.5 Å². The lowest BCUT2D eigenvalue weighted by molar-refractivity contribution is 0.328. The molecule has 0 bridgehead atoms. The van der Waals surface area contributed by atoms with Crippen molar-refractivity contribution < 1.29 is 17.2 Å².